The van der Waals surface area contributed by atoms with Crippen LogP contribution in [-0.4, -0.2) is 17.4 Å². The lowest BCUT2D eigenvalue weighted by Gasteiger charge is -2.08. The number of rotatable bonds is 4. The maximum absolute atomic E-state index is 9.89. The Kier molecular flexibility index (Phi) is 4.17. The lowest BCUT2D eigenvalue weighted by atomic mass is 9.96. The van der Waals surface area contributed by atoms with Crippen LogP contribution < -0.4 is 4.74 Å². The third kappa shape index (κ3) is 2.73. The first-order valence-electron chi connectivity index (χ1n) is 7.46. The van der Waals surface area contributed by atoms with Crippen molar-refractivity contribution >= 4 is 0 Å². The van der Waals surface area contributed by atoms with Crippen LogP contribution in [0.4, 0.5) is 0 Å². The van der Waals surface area contributed by atoms with E-state index in [4.69, 9.17) is 9.26 Å². The number of aliphatic hydroxyl groups is 1. The molecule has 3 rings (SSSR count). The second-order valence-electron chi connectivity index (χ2n) is 5.50. The molecule has 0 amide bonds. The molecule has 118 valence electrons. The number of aliphatic hydroxyl groups excluding tert-OH is 1. The van der Waals surface area contributed by atoms with Crippen molar-refractivity contribution in [2.24, 2.45) is 0 Å². The van der Waals surface area contributed by atoms with Crippen molar-refractivity contribution in [3.05, 3.63) is 59.2 Å². The molecular formula is C19H19NO3. The lowest BCUT2D eigenvalue weighted by Crippen LogP contribution is -1.93. The molecule has 4 heteroatoms. The normalized spacial score (nSPS) is 10.8. The summed E-state index contributed by atoms with van der Waals surface area (Å²) in [4.78, 5) is 0. The van der Waals surface area contributed by atoms with Crippen molar-refractivity contribution in [2.45, 2.75) is 20.5 Å². The van der Waals surface area contributed by atoms with E-state index in [1.807, 2.05) is 56.3 Å². The molecule has 0 aliphatic carbocycles. The number of aryl methyl sites for hydroxylation is 2. The van der Waals surface area contributed by atoms with Gasteiger partial charge >= 0.3 is 0 Å². The maximum Gasteiger partial charge on any atom is 0.173 e. The van der Waals surface area contributed by atoms with E-state index in [0.717, 1.165) is 28.0 Å². The van der Waals surface area contributed by atoms with Crippen molar-refractivity contribution < 1.29 is 14.4 Å². The first-order chi connectivity index (χ1) is 11.2. The van der Waals surface area contributed by atoms with Crippen LogP contribution in [0.3, 0.4) is 0 Å². The largest absolute Gasteiger partial charge is 0.497 e. The summed E-state index contributed by atoms with van der Waals surface area (Å²) >= 11 is 0. The van der Waals surface area contributed by atoms with Crippen LogP contribution in [0.15, 0.2) is 47.0 Å². The first kappa shape index (κ1) is 15.3. The van der Waals surface area contributed by atoms with Crippen molar-refractivity contribution in [3.63, 3.8) is 0 Å². The summed E-state index contributed by atoms with van der Waals surface area (Å²) in [5, 5.41) is 14.1. The molecule has 0 fully saturated rings. The highest BCUT2D eigenvalue weighted by atomic mass is 16.5. The van der Waals surface area contributed by atoms with Crippen molar-refractivity contribution in [1.29, 1.82) is 0 Å². The number of hydrogen-bond acceptors (Lipinski definition) is 4. The number of benzene rings is 2. The van der Waals surface area contributed by atoms with Crippen LogP contribution in [0.2, 0.25) is 0 Å². The summed E-state index contributed by atoms with van der Waals surface area (Å²) in [5.74, 6) is 1.36. The Morgan fingerprint density at radius 2 is 1.78 bits per heavy atom. The van der Waals surface area contributed by atoms with Gasteiger partial charge in [-0.15, -0.1) is 0 Å². The molecule has 23 heavy (non-hydrogen) atoms. The molecule has 0 bridgehead atoms. The minimum atomic E-state index is -0.140. The SMILES string of the molecule is COc1cccc(-c2noc(-c3c(C)cccc3C)c2CO)c1. The third-order valence-corrected chi connectivity index (χ3v) is 4.00. The Morgan fingerprint density at radius 1 is 1.09 bits per heavy atom. The lowest BCUT2D eigenvalue weighted by molar-refractivity contribution is 0.281. The standard InChI is InChI=1S/C19H19NO3/c1-12-6-4-7-13(2)17(12)19-16(11-21)18(20-23-19)14-8-5-9-15(10-14)22-3/h4-10,21H,11H2,1-3H3. The van der Waals surface area contributed by atoms with Gasteiger partial charge in [-0.1, -0.05) is 35.5 Å². The second kappa shape index (κ2) is 6.26. The highest BCUT2D eigenvalue weighted by Crippen LogP contribution is 2.36. The summed E-state index contributed by atoms with van der Waals surface area (Å²) in [5.41, 5.74) is 5.36. The molecule has 0 atom stereocenters. The van der Waals surface area contributed by atoms with E-state index in [-0.39, 0.29) is 6.61 Å². The van der Waals surface area contributed by atoms with Crippen molar-refractivity contribution in [2.75, 3.05) is 7.11 Å². The van der Waals surface area contributed by atoms with Gasteiger partial charge in [0.2, 0.25) is 0 Å². The molecule has 0 unspecified atom stereocenters. The fraction of sp³-hybridized carbons (Fsp3) is 0.211. The predicted octanol–water partition coefficient (Wildman–Crippen LogP) is 4.13. The molecule has 2 aromatic carbocycles. The molecule has 1 N–H and O–H groups in total. The van der Waals surface area contributed by atoms with Gasteiger partial charge in [0.25, 0.3) is 0 Å². The molecule has 4 nitrogen and oxygen atoms in total. The minimum absolute atomic E-state index is 0.140. The number of aromatic nitrogens is 1. The van der Waals surface area contributed by atoms with Crippen LogP contribution in [0.25, 0.3) is 22.6 Å². The third-order valence-electron chi connectivity index (χ3n) is 4.00. The fourth-order valence-electron chi connectivity index (χ4n) is 2.82. The number of nitrogens with zero attached hydrogens (tertiary/aromatic N) is 1. The Labute approximate surface area is 135 Å². The van der Waals surface area contributed by atoms with Crippen LogP contribution in [0, 0.1) is 13.8 Å². The van der Waals surface area contributed by atoms with Gasteiger partial charge in [0.15, 0.2) is 5.76 Å². The van der Waals surface area contributed by atoms with E-state index in [1.165, 1.54) is 0 Å². The molecule has 0 saturated heterocycles. The van der Waals surface area contributed by atoms with Gasteiger partial charge < -0.3 is 14.4 Å². The average Bonchev–Trinajstić information content (AvgIpc) is 2.98. The van der Waals surface area contributed by atoms with Gasteiger partial charge in [-0.3, -0.25) is 0 Å². The topological polar surface area (TPSA) is 55.5 Å². The zero-order valence-electron chi connectivity index (χ0n) is 13.5. The van der Waals surface area contributed by atoms with Crippen molar-refractivity contribution in [1.82, 2.24) is 5.16 Å². The van der Waals surface area contributed by atoms with Crippen LogP contribution >= 0.6 is 0 Å². The Morgan fingerprint density at radius 3 is 2.43 bits per heavy atom. The summed E-state index contributed by atoms with van der Waals surface area (Å²) < 4.78 is 10.9. The van der Waals surface area contributed by atoms with Crippen LogP contribution in [0.5, 0.6) is 5.75 Å². The van der Waals surface area contributed by atoms with Crippen molar-refractivity contribution in [3.8, 4) is 28.3 Å². The van der Waals surface area contributed by atoms with E-state index in [9.17, 15) is 5.11 Å². The van der Waals surface area contributed by atoms with Gasteiger partial charge in [-0.05, 0) is 37.1 Å². The quantitative estimate of drug-likeness (QED) is 0.787. The summed E-state index contributed by atoms with van der Waals surface area (Å²) in [7, 11) is 1.62. The number of ether oxygens (including phenoxy) is 1. The molecule has 1 heterocycles. The maximum atomic E-state index is 9.89. The zero-order chi connectivity index (χ0) is 16.4. The highest BCUT2D eigenvalue weighted by Gasteiger charge is 2.21. The Hall–Kier alpha value is -2.59. The van der Waals surface area contributed by atoms with E-state index in [2.05, 4.69) is 5.16 Å². The summed E-state index contributed by atoms with van der Waals surface area (Å²) in [6.45, 7) is 3.91. The monoisotopic (exact) mass is 309 g/mol. The zero-order valence-corrected chi connectivity index (χ0v) is 13.5. The van der Waals surface area contributed by atoms with Gasteiger partial charge in [-0.25, -0.2) is 0 Å². The second-order valence-corrected chi connectivity index (χ2v) is 5.50. The molecular weight excluding hydrogens is 290 g/mol. The van der Waals surface area contributed by atoms with Crippen LogP contribution in [0.1, 0.15) is 16.7 Å². The van der Waals surface area contributed by atoms with Gasteiger partial charge in [0.1, 0.15) is 11.4 Å². The molecule has 0 aliphatic rings. The molecule has 0 saturated carbocycles. The number of methoxy groups -OCH3 is 1. The fourth-order valence-corrected chi connectivity index (χ4v) is 2.82. The average molecular weight is 309 g/mol. The number of hydrogen-bond donors (Lipinski definition) is 1. The minimum Gasteiger partial charge on any atom is -0.497 e. The molecule has 1 aromatic heterocycles. The molecule has 0 spiro atoms. The predicted molar refractivity (Wildman–Crippen MR) is 89.3 cm³/mol. The molecule has 0 radical (unpaired) electrons. The van der Waals surface area contributed by atoms with Gasteiger partial charge in [-0.2, -0.15) is 0 Å². The smallest absolute Gasteiger partial charge is 0.173 e. The Bertz CT molecular complexity index is 816. The summed E-state index contributed by atoms with van der Waals surface area (Å²) in [6, 6.07) is 13.6. The van der Waals surface area contributed by atoms with Crippen LogP contribution in [-0.2, 0) is 6.61 Å². The van der Waals surface area contributed by atoms with E-state index in [1.54, 1.807) is 7.11 Å². The van der Waals surface area contributed by atoms with E-state index in [0.29, 0.717) is 17.0 Å². The Balaban J connectivity index is 2.17. The van der Waals surface area contributed by atoms with E-state index >= 15 is 0 Å². The van der Waals surface area contributed by atoms with Gasteiger partial charge in [0, 0.05) is 11.1 Å². The molecule has 0 aliphatic heterocycles. The first-order valence-corrected chi connectivity index (χ1v) is 7.46. The molecule has 3 aromatic rings. The summed E-state index contributed by atoms with van der Waals surface area (Å²) in [6.07, 6.45) is 0. The van der Waals surface area contributed by atoms with Gasteiger partial charge in [0.05, 0.1) is 19.3 Å². The van der Waals surface area contributed by atoms with E-state index < -0.39 is 0 Å². The highest BCUT2D eigenvalue weighted by molar-refractivity contribution is 5.76.